The molecule has 1 atom stereocenters. The lowest BCUT2D eigenvalue weighted by Crippen LogP contribution is -2.30. The molecule has 2 heterocycles. The van der Waals surface area contributed by atoms with Crippen molar-refractivity contribution in [1.82, 2.24) is 20.1 Å². The van der Waals surface area contributed by atoms with Gasteiger partial charge >= 0.3 is 0 Å². The van der Waals surface area contributed by atoms with Crippen LogP contribution in [0.2, 0.25) is 0 Å². The van der Waals surface area contributed by atoms with Gasteiger partial charge in [0.2, 0.25) is 5.91 Å². The van der Waals surface area contributed by atoms with Crippen molar-refractivity contribution in [1.29, 1.82) is 0 Å². The number of aromatic nitrogens is 3. The topological polar surface area (TPSA) is 82.2 Å². The lowest BCUT2D eigenvalue weighted by Gasteiger charge is -2.11. The van der Waals surface area contributed by atoms with E-state index in [0.29, 0.717) is 23.3 Å². The second-order valence-corrected chi connectivity index (χ2v) is 6.93. The number of carbonyl (C=O) groups is 1. The molecule has 0 aliphatic carbocycles. The van der Waals surface area contributed by atoms with E-state index in [4.69, 9.17) is 9.15 Å². The van der Waals surface area contributed by atoms with Gasteiger partial charge in [-0.15, -0.1) is 10.2 Å². The van der Waals surface area contributed by atoms with E-state index in [1.807, 2.05) is 48.9 Å². The van der Waals surface area contributed by atoms with E-state index in [2.05, 4.69) is 15.5 Å². The van der Waals surface area contributed by atoms with Crippen molar-refractivity contribution in [3.05, 3.63) is 48.4 Å². The van der Waals surface area contributed by atoms with Gasteiger partial charge in [-0.25, -0.2) is 0 Å². The van der Waals surface area contributed by atoms with Crippen molar-refractivity contribution >= 4 is 17.7 Å². The van der Waals surface area contributed by atoms with E-state index in [1.54, 1.807) is 19.4 Å². The highest BCUT2D eigenvalue weighted by atomic mass is 32.2. The van der Waals surface area contributed by atoms with Crippen LogP contribution in [-0.2, 0) is 18.4 Å². The number of hydrogen-bond donors (Lipinski definition) is 1. The summed E-state index contributed by atoms with van der Waals surface area (Å²) in [6.07, 6.45) is 1.58. The first-order valence-corrected chi connectivity index (χ1v) is 8.97. The summed E-state index contributed by atoms with van der Waals surface area (Å²) in [6, 6.07) is 11.2. The zero-order valence-corrected chi connectivity index (χ0v) is 15.6. The molecule has 1 amide bonds. The number of nitrogens with one attached hydrogen (secondary N) is 1. The fourth-order valence-corrected chi connectivity index (χ4v) is 3.26. The number of para-hydroxylation sites is 1. The fourth-order valence-electron chi connectivity index (χ4n) is 2.42. The van der Waals surface area contributed by atoms with Crippen molar-refractivity contribution in [2.75, 3.05) is 7.11 Å². The first-order chi connectivity index (χ1) is 12.6. The van der Waals surface area contributed by atoms with Crippen molar-refractivity contribution in [3.8, 4) is 17.1 Å². The van der Waals surface area contributed by atoms with Crippen LogP contribution in [0.15, 0.2) is 52.2 Å². The van der Waals surface area contributed by atoms with Crippen LogP contribution in [0.5, 0.6) is 5.75 Å². The molecular weight excluding hydrogens is 352 g/mol. The van der Waals surface area contributed by atoms with Gasteiger partial charge in [0.05, 0.1) is 30.7 Å². The third kappa shape index (κ3) is 3.91. The van der Waals surface area contributed by atoms with Crippen LogP contribution in [0, 0.1) is 0 Å². The van der Waals surface area contributed by atoms with E-state index in [-0.39, 0.29) is 11.2 Å². The molecule has 7 nitrogen and oxygen atoms in total. The SMILES string of the molecule is COc1ccccc1-c1nnc(S[C@H](C)C(=O)NCc2ccco2)n1C. The average Bonchev–Trinajstić information content (AvgIpc) is 3.30. The van der Waals surface area contributed by atoms with Gasteiger partial charge in [0, 0.05) is 7.05 Å². The van der Waals surface area contributed by atoms with Gasteiger partial charge < -0.3 is 19.0 Å². The van der Waals surface area contributed by atoms with Gasteiger partial charge in [0.1, 0.15) is 11.5 Å². The Kier molecular flexibility index (Phi) is 5.62. The van der Waals surface area contributed by atoms with Crippen LogP contribution in [0.4, 0.5) is 0 Å². The van der Waals surface area contributed by atoms with Crippen LogP contribution >= 0.6 is 11.8 Å². The maximum Gasteiger partial charge on any atom is 0.233 e. The number of methoxy groups -OCH3 is 1. The highest BCUT2D eigenvalue weighted by Crippen LogP contribution is 2.31. The third-order valence-corrected chi connectivity index (χ3v) is 4.99. The molecule has 3 aromatic rings. The molecule has 26 heavy (non-hydrogen) atoms. The molecular formula is C18H20N4O3S. The maximum atomic E-state index is 12.3. The second-order valence-electron chi connectivity index (χ2n) is 5.62. The molecule has 1 N–H and O–H groups in total. The molecule has 2 aromatic heterocycles. The van der Waals surface area contributed by atoms with Crippen LogP contribution in [0.3, 0.4) is 0 Å². The first-order valence-electron chi connectivity index (χ1n) is 8.09. The Hall–Kier alpha value is -2.74. The zero-order chi connectivity index (χ0) is 18.5. The Morgan fingerprint density at radius 2 is 2.12 bits per heavy atom. The van der Waals surface area contributed by atoms with Crippen LogP contribution in [0.25, 0.3) is 11.4 Å². The number of ether oxygens (including phenoxy) is 1. The number of thioether (sulfide) groups is 1. The maximum absolute atomic E-state index is 12.3. The molecule has 0 unspecified atom stereocenters. The highest BCUT2D eigenvalue weighted by molar-refractivity contribution is 8.00. The Labute approximate surface area is 155 Å². The standard InChI is InChI=1S/C18H20N4O3S/c1-12(17(23)19-11-13-7-6-10-25-13)26-18-21-20-16(22(18)2)14-8-4-5-9-15(14)24-3/h4-10,12H,11H2,1-3H3,(H,19,23)/t12-/m1/s1. The van der Waals surface area contributed by atoms with Crippen molar-refractivity contribution < 1.29 is 13.9 Å². The zero-order valence-electron chi connectivity index (χ0n) is 14.8. The lowest BCUT2D eigenvalue weighted by atomic mass is 10.2. The molecule has 0 aliphatic rings. The summed E-state index contributed by atoms with van der Waals surface area (Å²) >= 11 is 1.35. The summed E-state index contributed by atoms with van der Waals surface area (Å²) in [4.78, 5) is 12.3. The predicted octanol–water partition coefficient (Wildman–Crippen LogP) is 2.88. The minimum absolute atomic E-state index is 0.0896. The number of carbonyl (C=O) groups excluding carboxylic acids is 1. The molecule has 0 saturated heterocycles. The van der Waals surface area contributed by atoms with E-state index in [1.165, 1.54) is 11.8 Å². The summed E-state index contributed by atoms with van der Waals surface area (Å²) in [5.74, 6) is 2.04. The van der Waals surface area contributed by atoms with E-state index >= 15 is 0 Å². The largest absolute Gasteiger partial charge is 0.496 e. The normalized spacial score (nSPS) is 12.0. The summed E-state index contributed by atoms with van der Waals surface area (Å²) in [5.41, 5.74) is 0.853. The Bertz CT molecular complexity index is 876. The molecule has 1 aromatic carbocycles. The van der Waals surface area contributed by atoms with Gasteiger partial charge in [0.25, 0.3) is 0 Å². The molecule has 0 radical (unpaired) electrons. The molecule has 3 rings (SSSR count). The predicted molar refractivity (Wildman–Crippen MR) is 98.9 cm³/mol. The van der Waals surface area contributed by atoms with E-state index in [0.717, 1.165) is 11.3 Å². The van der Waals surface area contributed by atoms with Crippen molar-refractivity contribution in [2.45, 2.75) is 23.9 Å². The molecule has 136 valence electrons. The number of hydrogen-bond acceptors (Lipinski definition) is 6. The van der Waals surface area contributed by atoms with Crippen LogP contribution < -0.4 is 10.1 Å². The minimum Gasteiger partial charge on any atom is -0.496 e. The van der Waals surface area contributed by atoms with Gasteiger partial charge in [-0.2, -0.15) is 0 Å². The van der Waals surface area contributed by atoms with Gasteiger partial charge in [-0.05, 0) is 31.2 Å². The molecule has 0 spiro atoms. The Balaban J connectivity index is 1.68. The van der Waals surface area contributed by atoms with Crippen molar-refractivity contribution in [2.24, 2.45) is 7.05 Å². The Morgan fingerprint density at radius 1 is 1.31 bits per heavy atom. The molecule has 0 bridgehead atoms. The summed E-state index contributed by atoms with van der Waals surface area (Å²) in [6.45, 7) is 2.20. The number of amides is 1. The molecule has 8 heteroatoms. The van der Waals surface area contributed by atoms with E-state index in [9.17, 15) is 4.79 Å². The second kappa shape index (κ2) is 8.09. The van der Waals surface area contributed by atoms with Gasteiger partial charge in [-0.3, -0.25) is 4.79 Å². The number of furan rings is 1. The van der Waals surface area contributed by atoms with Crippen molar-refractivity contribution in [3.63, 3.8) is 0 Å². The number of nitrogens with zero attached hydrogens (tertiary/aromatic N) is 3. The molecule has 0 aliphatic heterocycles. The highest BCUT2D eigenvalue weighted by Gasteiger charge is 2.20. The lowest BCUT2D eigenvalue weighted by molar-refractivity contribution is -0.120. The Morgan fingerprint density at radius 3 is 2.85 bits per heavy atom. The fraction of sp³-hybridized carbons (Fsp3) is 0.278. The third-order valence-electron chi connectivity index (χ3n) is 3.85. The van der Waals surface area contributed by atoms with Crippen LogP contribution in [0.1, 0.15) is 12.7 Å². The van der Waals surface area contributed by atoms with Crippen LogP contribution in [-0.4, -0.2) is 33.0 Å². The summed E-state index contributed by atoms with van der Waals surface area (Å²) in [7, 11) is 3.49. The summed E-state index contributed by atoms with van der Waals surface area (Å²) < 4.78 is 12.5. The smallest absolute Gasteiger partial charge is 0.233 e. The van der Waals surface area contributed by atoms with E-state index < -0.39 is 0 Å². The number of benzene rings is 1. The minimum atomic E-state index is -0.321. The molecule has 0 fully saturated rings. The number of rotatable bonds is 7. The van der Waals surface area contributed by atoms with Gasteiger partial charge in [-0.1, -0.05) is 23.9 Å². The monoisotopic (exact) mass is 372 g/mol. The summed E-state index contributed by atoms with van der Waals surface area (Å²) in [5, 5.41) is 11.7. The average molecular weight is 372 g/mol. The quantitative estimate of drug-likeness (QED) is 0.642. The van der Waals surface area contributed by atoms with Gasteiger partial charge in [0.15, 0.2) is 11.0 Å². The molecule has 0 saturated carbocycles. The first kappa shape index (κ1) is 18.1.